The van der Waals surface area contributed by atoms with Crippen molar-refractivity contribution in [1.29, 1.82) is 0 Å². The van der Waals surface area contributed by atoms with Crippen LogP contribution in [0.25, 0.3) is 5.78 Å². The Bertz CT molecular complexity index is 1330. The number of aryl methyl sites for hydroxylation is 2. The quantitative estimate of drug-likeness (QED) is 0.631. The van der Waals surface area contributed by atoms with Crippen molar-refractivity contribution >= 4 is 31.5 Å². The number of para-hydroxylation sites is 1. The van der Waals surface area contributed by atoms with E-state index in [0.717, 1.165) is 40.5 Å². The Morgan fingerprint density at radius 3 is 2.52 bits per heavy atom. The van der Waals surface area contributed by atoms with Crippen molar-refractivity contribution in [2.45, 2.75) is 36.2 Å². The maximum absolute atomic E-state index is 12.9. The van der Waals surface area contributed by atoms with Gasteiger partial charge in [-0.25, -0.2) is 17.7 Å². The van der Waals surface area contributed by atoms with Crippen LogP contribution in [0.5, 0.6) is 0 Å². The molecule has 0 saturated heterocycles. The zero-order valence-electron chi connectivity index (χ0n) is 16.1. The monoisotopic (exact) mass is 436 g/mol. The number of rotatable bonds is 5. The summed E-state index contributed by atoms with van der Waals surface area (Å²) < 4.78 is 55.7. The molecule has 1 N–H and O–H groups in total. The third kappa shape index (κ3) is 3.26. The number of sulfonamides is 2. The van der Waals surface area contributed by atoms with Crippen LogP contribution in [0.15, 0.2) is 34.3 Å². The predicted octanol–water partition coefficient (Wildman–Crippen LogP) is 0.973. The van der Waals surface area contributed by atoms with E-state index in [2.05, 4.69) is 19.8 Å². The lowest BCUT2D eigenvalue weighted by molar-refractivity contribution is 0.521. The van der Waals surface area contributed by atoms with Gasteiger partial charge in [0, 0.05) is 19.8 Å². The molecule has 0 amide bonds. The second-order valence-corrected chi connectivity index (χ2v) is 10.7. The second kappa shape index (κ2) is 6.75. The lowest BCUT2D eigenvalue weighted by Crippen LogP contribution is -2.24. The molecule has 29 heavy (non-hydrogen) atoms. The van der Waals surface area contributed by atoms with E-state index in [9.17, 15) is 16.8 Å². The van der Waals surface area contributed by atoms with E-state index < -0.39 is 25.2 Å². The first-order valence-corrected chi connectivity index (χ1v) is 11.8. The lowest BCUT2D eigenvalue weighted by Gasteiger charge is -2.15. The van der Waals surface area contributed by atoms with E-state index in [-0.39, 0.29) is 16.4 Å². The highest BCUT2D eigenvalue weighted by Gasteiger charge is 2.28. The summed E-state index contributed by atoms with van der Waals surface area (Å²) in [5.41, 5.74) is 2.73. The number of hydrogen-bond donors (Lipinski definition) is 1. The van der Waals surface area contributed by atoms with Crippen LogP contribution in [-0.2, 0) is 32.9 Å². The molecule has 0 radical (unpaired) electrons. The summed E-state index contributed by atoms with van der Waals surface area (Å²) in [5.74, 6) is 0.206. The first-order chi connectivity index (χ1) is 13.6. The largest absolute Gasteiger partial charge is 0.299 e. The molecule has 1 aromatic carbocycles. The summed E-state index contributed by atoms with van der Waals surface area (Å²) in [7, 11) is -5.33. The maximum atomic E-state index is 12.9. The number of benzene rings is 1. The molecule has 1 aliphatic rings. The number of hydrogen-bond acceptors (Lipinski definition) is 7. The van der Waals surface area contributed by atoms with Gasteiger partial charge in [-0.3, -0.25) is 4.72 Å². The average Bonchev–Trinajstić information content (AvgIpc) is 3.28. The van der Waals surface area contributed by atoms with Gasteiger partial charge in [-0.15, -0.1) is 5.10 Å². The molecule has 0 spiro atoms. The fourth-order valence-electron chi connectivity index (χ4n) is 3.38. The molecule has 154 valence electrons. The van der Waals surface area contributed by atoms with Gasteiger partial charge in [0.25, 0.3) is 21.0 Å². The van der Waals surface area contributed by atoms with Crippen LogP contribution in [0.3, 0.4) is 0 Å². The molecule has 12 heteroatoms. The van der Waals surface area contributed by atoms with Gasteiger partial charge in [0.15, 0.2) is 0 Å². The first kappa shape index (κ1) is 19.7. The third-order valence-electron chi connectivity index (χ3n) is 4.85. The summed E-state index contributed by atoms with van der Waals surface area (Å²) in [5, 5.41) is 3.70. The van der Waals surface area contributed by atoms with Gasteiger partial charge in [-0.2, -0.15) is 17.9 Å². The van der Waals surface area contributed by atoms with E-state index in [1.807, 2.05) is 6.92 Å². The Morgan fingerprint density at radius 2 is 1.79 bits per heavy atom. The smallest absolute Gasteiger partial charge is 0.276 e. The maximum Gasteiger partial charge on any atom is 0.299 e. The summed E-state index contributed by atoms with van der Waals surface area (Å²) in [6, 6.07) is 5.78. The van der Waals surface area contributed by atoms with Crippen molar-refractivity contribution in [1.82, 2.24) is 23.9 Å². The molecule has 0 saturated carbocycles. The van der Waals surface area contributed by atoms with E-state index >= 15 is 0 Å². The molecule has 2 heterocycles. The van der Waals surface area contributed by atoms with E-state index in [1.54, 1.807) is 6.07 Å². The van der Waals surface area contributed by atoms with Crippen LogP contribution >= 0.6 is 0 Å². The average molecular weight is 437 g/mol. The summed E-state index contributed by atoms with van der Waals surface area (Å²) in [6.45, 7) is 1.87. The highest BCUT2D eigenvalue weighted by atomic mass is 32.2. The standard InChI is InChI=1S/C17H20N6O4S2/c1-11-12-7-6-9-14(12)23-16(18-11)19-17(20-23)28(24,25)21-13-8-4-5-10-15(13)29(26,27)22(2)3/h4-5,8,10,21H,6-7,9H2,1-3H3. The molecule has 0 bridgehead atoms. The molecule has 0 unspecified atom stereocenters. The Hall–Kier alpha value is -2.57. The second-order valence-electron chi connectivity index (χ2n) is 6.97. The van der Waals surface area contributed by atoms with Gasteiger partial charge in [0.05, 0.1) is 11.4 Å². The van der Waals surface area contributed by atoms with Crippen molar-refractivity contribution < 1.29 is 16.8 Å². The molecule has 2 aromatic heterocycles. The molecule has 3 aromatic rings. The van der Waals surface area contributed by atoms with Crippen LogP contribution in [0.2, 0.25) is 0 Å². The van der Waals surface area contributed by atoms with Crippen molar-refractivity contribution in [3.63, 3.8) is 0 Å². The number of nitrogens with one attached hydrogen (secondary N) is 1. The molecule has 4 rings (SSSR count). The zero-order valence-corrected chi connectivity index (χ0v) is 17.7. The van der Waals surface area contributed by atoms with Crippen molar-refractivity contribution in [2.75, 3.05) is 18.8 Å². The third-order valence-corrected chi connectivity index (χ3v) is 7.87. The Kier molecular flexibility index (Phi) is 4.59. The van der Waals surface area contributed by atoms with Crippen LogP contribution in [-0.4, -0.2) is 54.8 Å². The van der Waals surface area contributed by atoms with Gasteiger partial charge in [0.2, 0.25) is 10.0 Å². The first-order valence-electron chi connectivity index (χ1n) is 8.91. The fourth-order valence-corrected chi connectivity index (χ4v) is 5.44. The summed E-state index contributed by atoms with van der Waals surface area (Å²) >= 11 is 0. The minimum absolute atomic E-state index is 0.0746. The van der Waals surface area contributed by atoms with Crippen molar-refractivity contribution in [2.24, 2.45) is 0 Å². The Labute approximate surface area is 168 Å². The van der Waals surface area contributed by atoms with Crippen LogP contribution < -0.4 is 4.72 Å². The number of aromatic nitrogens is 4. The zero-order chi connectivity index (χ0) is 21.0. The van der Waals surface area contributed by atoms with E-state index in [0.29, 0.717) is 0 Å². The van der Waals surface area contributed by atoms with E-state index in [4.69, 9.17) is 0 Å². The van der Waals surface area contributed by atoms with Crippen molar-refractivity contribution in [3.05, 3.63) is 41.2 Å². The molecule has 0 atom stereocenters. The van der Waals surface area contributed by atoms with Gasteiger partial charge in [-0.1, -0.05) is 12.1 Å². The van der Waals surface area contributed by atoms with Crippen LogP contribution in [0.4, 0.5) is 5.69 Å². The summed E-state index contributed by atoms with van der Waals surface area (Å²) in [6.07, 6.45) is 2.60. The highest BCUT2D eigenvalue weighted by molar-refractivity contribution is 7.92. The molecule has 0 aliphatic heterocycles. The van der Waals surface area contributed by atoms with Crippen LogP contribution in [0, 0.1) is 6.92 Å². The molecule has 0 fully saturated rings. The van der Waals surface area contributed by atoms with Gasteiger partial charge < -0.3 is 0 Å². The Morgan fingerprint density at radius 1 is 1.07 bits per heavy atom. The fraction of sp³-hybridized carbons (Fsp3) is 0.353. The number of fused-ring (bicyclic) bond motifs is 3. The van der Waals surface area contributed by atoms with Crippen LogP contribution in [0.1, 0.15) is 23.4 Å². The number of anilines is 1. The molecule has 1 aliphatic carbocycles. The predicted molar refractivity (Wildman–Crippen MR) is 106 cm³/mol. The SMILES string of the molecule is Cc1nc2nc(S(=O)(=O)Nc3ccccc3S(=O)(=O)N(C)C)nn2c2c1CCC2. The summed E-state index contributed by atoms with van der Waals surface area (Å²) in [4.78, 5) is 8.28. The van der Waals surface area contributed by atoms with Gasteiger partial charge >= 0.3 is 0 Å². The van der Waals surface area contributed by atoms with Gasteiger partial charge in [-0.05, 0) is 43.9 Å². The van der Waals surface area contributed by atoms with Gasteiger partial charge in [0.1, 0.15) is 4.90 Å². The molecule has 10 nitrogen and oxygen atoms in total. The topological polar surface area (TPSA) is 127 Å². The minimum atomic E-state index is -4.23. The van der Waals surface area contributed by atoms with E-state index in [1.165, 1.54) is 36.8 Å². The lowest BCUT2D eigenvalue weighted by atomic mass is 10.2. The molecular weight excluding hydrogens is 416 g/mol. The minimum Gasteiger partial charge on any atom is -0.276 e. The van der Waals surface area contributed by atoms with Crippen molar-refractivity contribution in [3.8, 4) is 0 Å². The molecular formula is C17H20N6O4S2. The highest BCUT2D eigenvalue weighted by Crippen LogP contribution is 2.27. The normalized spacial score (nSPS) is 14.5. The Balaban J connectivity index is 1.79. The number of nitrogens with zero attached hydrogens (tertiary/aromatic N) is 5.